The highest BCUT2D eigenvalue weighted by atomic mass is 32.2. The Hall–Kier alpha value is -3.04. The van der Waals surface area contributed by atoms with Gasteiger partial charge in [-0.25, -0.2) is 4.79 Å². The monoisotopic (exact) mass is 361 g/mol. The van der Waals surface area contributed by atoms with Crippen molar-refractivity contribution in [3.8, 4) is 0 Å². The van der Waals surface area contributed by atoms with Crippen LogP contribution in [-0.2, 0) is 14.4 Å². The van der Waals surface area contributed by atoms with Gasteiger partial charge in [0.2, 0.25) is 0 Å². The zero-order chi connectivity index (χ0) is 18.4. The Morgan fingerprint density at radius 3 is 2.20 bits per heavy atom. The number of rotatable bonds is 4. The van der Waals surface area contributed by atoms with Gasteiger partial charge in [0, 0.05) is 0 Å². The molecule has 3 rings (SSSR count). The summed E-state index contributed by atoms with van der Waals surface area (Å²) in [6.07, 6.45) is 0. The Morgan fingerprint density at radius 2 is 1.60 bits per heavy atom. The Morgan fingerprint density at radius 1 is 1.00 bits per heavy atom. The number of nitrogens with zero attached hydrogens (tertiary/aromatic N) is 1. The molecule has 0 radical (unpaired) electrons. The molecule has 9 heteroatoms. The molecule has 1 aliphatic rings. The molecule has 2 aromatic rings. The fraction of sp³-hybridized carbons (Fsp3) is 0.0625. The van der Waals surface area contributed by atoms with E-state index >= 15 is 0 Å². The largest absolute Gasteiger partial charge is 0.478 e. The van der Waals surface area contributed by atoms with Crippen LogP contribution < -0.4 is 0 Å². The number of carbonyl (C=O) groups excluding carboxylic acids is 2. The van der Waals surface area contributed by atoms with Crippen LogP contribution in [0.5, 0.6) is 0 Å². The molecule has 0 spiro atoms. The smallest absolute Gasteiger partial charge is 0.335 e. The molecule has 0 bridgehead atoms. The van der Waals surface area contributed by atoms with Gasteiger partial charge < -0.3 is 5.11 Å². The summed E-state index contributed by atoms with van der Waals surface area (Å²) >= 11 is 0. The van der Waals surface area contributed by atoms with Crippen molar-refractivity contribution in [1.82, 2.24) is 5.06 Å². The first-order valence-electron chi connectivity index (χ1n) is 6.98. The van der Waals surface area contributed by atoms with E-state index in [0.717, 1.165) is 23.8 Å². The average Bonchev–Trinajstić information content (AvgIpc) is 2.79. The summed E-state index contributed by atoms with van der Waals surface area (Å²) in [6.45, 7) is 1.77. The van der Waals surface area contributed by atoms with Gasteiger partial charge in [-0.2, -0.15) is 8.42 Å². The molecule has 1 N–H and O–H groups in total. The first kappa shape index (κ1) is 16.8. The maximum atomic E-state index is 12.3. The molecule has 0 saturated carbocycles. The van der Waals surface area contributed by atoms with Crippen molar-refractivity contribution in [3.05, 3.63) is 64.7 Å². The number of carboxylic acid groups (broad SMARTS) is 1. The van der Waals surface area contributed by atoms with Gasteiger partial charge in [0.15, 0.2) is 0 Å². The van der Waals surface area contributed by atoms with Gasteiger partial charge in [-0.15, -0.1) is 9.35 Å². The average molecular weight is 361 g/mol. The molecule has 0 saturated heterocycles. The number of carbonyl (C=O) groups is 3. The van der Waals surface area contributed by atoms with Gasteiger partial charge in [0.05, 0.1) is 21.6 Å². The van der Waals surface area contributed by atoms with E-state index in [1.54, 1.807) is 6.92 Å². The van der Waals surface area contributed by atoms with Gasteiger partial charge in [-0.3, -0.25) is 9.59 Å². The fourth-order valence-corrected chi connectivity index (χ4v) is 3.15. The third-order valence-electron chi connectivity index (χ3n) is 3.58. The molecule has 25 heavy (non-hydrogen) atoms. The van der Waals surface area contributed by atoms with E-state index in [1.807, 2.05) is 0 Å². The molecule has 0 fully saturated rings. The highest BCUT2D eigenvalue weighted by Crippen LogP contribution is 2.26. The highest BCUT2D eigenvalue weighted by molar-refractivity contribution is 7.86. The van der Waals surface area contributed by atoms with E-state index in [2.05, 4.69) is 0 Å². The predicted molar refractivity (Wildman–Crippen MR) is 83.4 cm³/mol. The van der Waals surface area contributed by atoms with Crippen LogP contribution in [0.2, 0.25) is 0 Å². The minimum Gasteiger partial charge on any atom is -0.478 e. The molecule has 0 unspecified atom stereocenters. The normalized spacial score (nSPS) is 13.9. The molecule has 1 heterocycles. The van der Waals surface area contributed by atoms with Crippen LogP contribution >= 0.6 is 0 Å². The van der Waals surface area contributed by atoms with E-state index in [1.165, 1.54) is 24.3 Å². The molecule has 2 aromatic carbocycles. The number of benzene rings is 2. The molecule has 0 atom stereocenters. The third-order valence-corrected chi connectivity index (χ3v) is 4.77. The SMILES string of the molecule is Cc1ccc(S(=O)(=O)ON2C(=O)c3ccc(C(=O)O)cc3C2=O)cc1. The lowest BCUT2D eigenvalue weighted by Crippen LogP contribution is -2.32. The van der Waals surface area contributed by atoms with Gasteiger partial charge in [0.1, 0.15) is 0 Å². The summed E-state index contributed by atoms with van der Waals surface area (Å²) in [6, 6.07) is 8.93. The van der Waals surface area contributed by atoms with Gasteiger partial charge >= 0.3 is 16.1 Å². The number of aryl methyl sites for hydroxylation is 1. The maximum Gasteiger partial charge on any atom is 0.335 e. The van der Waals surface area contributed by atoms with E-state index < -0.39 is 27.9 Å². The summed E-state index contributed by atoms with van der Waals surface area (Å²) < 4.78 is 29.2. The Bertz CT molecular complexity index is 1010. The van der Waals surface area contributed by atoms with Crippen LogP contribution in [0.15, 0.2) is 47.4 Å². The van der Waals surface area contributed by atoms with Gasteiger partial charge in [-0.1, -0.05) is 17.7 Å². The molecular weight excluding hydrogens is 350 g/mol. The lowest BCUT2D eigenvalue weighted by Gasteiger charge is -2.13. The Kier molecular flexibility index (Phi) is 3.90. The Labute approximate surface area is 142 Å². The van der Waals surface area contributed by atoms with Crippen molar-refractivity contribution in [1.29, 1.82) is 0 Å². The minimum atomic E-state index is -4.40. The lowest BCUT2D eigenvalue weighted by molar-refractivity contribution is -0.0103. The van der Waals surface area contributed by atoms with Crippen molar-refractivity contribution in [3.63, 3.8) is 0 Å². The van der Waals surface area contributed by atoms with Crippen LogP contribution in [0, 0.1) is 6.92 Å². The summed E-state index contributed by atoms with van der Waals surface area (Å²) in [4.78, 5) is 35.2. The predicted octanol–water partition coefficient (Wildman–Crippen LogP) is 1.61. The maximum absolute atomic E-state index is 12.3. The summed E-state index contributed by atoms with van der Waals surface area (Å²) in [5.41, 5.74) is 0.252. The summed E-state index contributed by atoms with van der Waals surface area (Å²) in [5.74, 6) is -3.30. The second kappa shape index (κ2) is 5.80. The van der Waals surface area contributed by atoms with Crippen molar-refractivity contribution in [2.75, 3.05) is 0 Å². The van der Waals surface area contributed by atoms with Crippen molar-refractivity contribution in [2.45, 2.75) is 11.8 Å². The molecular formula is C16H11NO7S. The Balaban J connectivity index is 1.94. The number of aromatic carboxylic acids is 1. The molecule has 2 amide bonds. The third kappa shape index (κ3) is 2.90. The number of hydroxylamine groups is 2. The van der Waals surface area contributed by atoms with Gasteiger partial charge in [-0.05, 0) is 37.3 Å². The molecule has 1 aliphatic heterocycles. The van der Waals surface area contributed by atoms with E-state index in [-0.39, 0.29) is 26.6 Å². The molecule has 8 nitrogen and oxygen atoms in total. The molecule has 0 aliphatic carbocycles. The van der Waals surface area contributed by atoms with Crippen LogP contribution in [0.25, 0.3) is 0 Å². The number of imide groups is 1. The number of carboxylic acids is 1. The van der Waals surface area contributed by atoms with Crippen molar-refractivity contribution >= 4 is 27.9 Å². The zero-order valence-corrected chi connectivity index (χ0v) is 13.6. The van der Waals surface area contributed by atoms with Crippen molar-refractivity contribution < 1.29 is 32.2 Å². The number of hydrogen-bond donors (Lipinski definition) is 1. The second-order valence-corrected chi connectivity index (χ2v) is 6.84. The summed E-state index contributed by atoms with van der Waals surface area (Å²) in [7, 11) is -4.40. The van der Waals surface area contributed by atoms with Crippen LogP contribution in [0.3, 0.4) is 0 Å². The topological polar surface area (TPSA) is 118 Å². The fourth-order valence-electron chi connectivity index (χ4n) is 2.27. The lowest BCUT2D eigenvalue weighted by atomic mass is 10.1. The molecule has 0 aromatic heterocycles. The van der Waals surface area contributed by atoms with E-state index in [9.17, 15) is 22.8 Å². The second-order valence-electron chi connectivity index (χ2n) is 5.31. The zero-order valence-electron chi connectivity index (χ0n) is 12.8. The standard InChI is InChI=1S/C16H11NO7S/c1-9-2-5-11(6-3-9)25(22,23)24-17-14(18)12-7-4-10(16(20)21)8-13(12)15(17)19/h2-8H,1H3,(H,20,21). The number of amides is 2. The first-order valence-corrected chi connectivity index (χ1v) is 8.39. The highest BCUT2D eigenvalue weighted by Gasteiger charge is 2.40. The van der Waals surface area contributed by atoms with Crippen LogP contribution in [0.4, 0.5) is 0 Å². The van der Waals surface area contributed by atoms with E-state index in [0.29, 0.717) is 0 Å². The quantitative estimate of drug-likeness (QED) is 0.822. The minimum absolute atomic E-state index is 0.117. The van der Waals surface area contributed by atoms with Crippen LogP contribution in [0.1, 0.15) is 36.6 Å². The van der Waals surface area contributed by atoms with Gasteiger partial charge in [0.25, 0.3) is 11.8 Å². The summed E-state index contributed by atoms with van der Waals surface area (Å²) in [5, 5.41) is 9.07. The van der Waals surface area contributed by atoms with E-state index in [4.69, 9.17) is 9.39 Å². The first-order chi connectivity index (χ1) is 11.7. The number of fused-ring (bicyclic) bond motifs is 1. The van der Waals surface area contributed by atoms with Crippen LogP contribution in [-0.4, -0.2) is 36.4 Å². The van der Waals surface area contributed by atoms with Crippen molar-refractivity contribution in [2.24, 2.45) is 0 Å². The molecule has 128 valence electrons. The number of hydrogen-bond acceptors (Lipinski definition) is 6.